The SMILES string of the molecule is CN/N=C(/N)C1=C(C=O)C(C2CCCN(C)C2)CN1c1ccc(Oc2ccccc2F)cc1. The van der Waals surface area contributed by atoms with Crippen LogP contribution < -0.4 is 20.8 Å². The normalized spacial score (nSPS) is 21.9. The highest BCUT2D eigenvalue weighted by molar-refractivity contribution is 6.06. The quantitative estimate of drug-likeness (QED) is 0.291. The fourth-order valence-electron chi connectivity index (χ4n) is 4.84. The number of aldehydes is 1. The third-order valence-electron chi connectivity index (χ3n) is 6.37. The summed E-state index contributed by atoms with van der Waals surface area (Å²) in [5.41, 5.74) is 11.2. The van der Waals surface area contributed by atoms with E-state index in [1.807, 2.05) is 17.0 Å². The van der Waals surface area contributed by atoms with Crippen LogP contribution in [-0.4, -0.2) is 50.8 Å². The van der Waals surface area contributed by atoms with Crippen LogP contribution in [0, 0.1) is 17.7 Å². The molecule has 0 saturated carbocycles. The minimum atomic E-state index is -0.418. The van der Waals surface area contributed by atoms with Crippen LogP contribution in [0.5, 0.6) is 11.5 Å². The Kier molecular flexibility index (Phi) is 6.93. The van der Waals surface area contributed by atoms with Crippen molar-refractivity contribution in [1.82, 2.24) is 10.3 Å². The molecule has 2 aliphatic heterocycles. The summed E-state index contributed by atoms with van der Waals surface area (Å²) in [5.74, 6) is 0.986. The number of nitrogens with zero attached hydrogens (tertiary/aromatic N) is 3. The van der Waals surface area contributed by atoms with Gasteiger partial charge in [0.15, 0.2) is 17.4 Å². The Bertz CT molecular complexity index is 1050. The summed E-state index contributed by atoms with van der Waals surface area (Å²) in [6.07, 6.45) is 3.12. The molecule has 4 rings (SSSR count). The van der Waals surface area contributed by atoms with Crippen molar-refractivity contribution < 1.29 is 13.9 Å². The Balaban J connectivity index is 1.63. The van der Waals surface area contributed by atoms with Crippen LogP contribution >= 0.6 is 0 Å². The van der Waals surface area contributed by atoms with E-state index in [0.29, 0.717) is 29.5 Å². The van der Waals surface area contributed by atoms with Crippen molar-refractivity contribution in [3.8, 4) is 11.5 Å². The summed E-state index contributed by atoms with van der Waals surface area (Å²) in [4.78, 5) is 16.6. The molecule has 174 valence electrons. The number of anilines is 1. The average Bonchev–Trinajstić information content (AvgIpc) is 3.21. The summed E-state index contributed by atoms with van der Waals surface area (Å²) in [5, 5.41) is 4.17. The first-order valence-corrected chi connectivity index (χ1v) is 11.2. The maximum atomic E-state index is 13.9. The van der Waals surface area contributed by atoms with E-state index in [9.17, 15) is 9.18 Å². The molecule has 3 N–H and O–H groups in total. The Morgan fingerprint density at radius 2 is 1.97 bits per heavy atom. The van der Waals surface area contributed by atoms with Gasteiger partial charge in [-0.25, -0.2) is 4.39 Å². The van der Waals surface area contributed by atoms with Gasteiger partial charge in [0.1, 0.15) is 12.0 Å². The van der Waals surface area contributed by atoms with Crippen molar-refractivity contribution in [1.29, 1.82) is 0 Å². The second kappa shape index (κ2) is 10.0. The lowest BCUT2D eigenvalue weighted by Gasteiger charge is -2.34. The van der Waals surface area contributed by atoms with Gasteiger partial charge in [0.25, 0.3) is 0 Å². The molecule has 33 heavy (non-hydrogen) atoms. The van der Waals surface area contributed by atoms with Gasteiger partial charge in [-0.15, -0.1) is 0 Å². The highest BCUT2D eigenvalue weighted by atomic mass is 19.1. The van der Waals surface area contributed by atoms with Crippen LogP contribution in [0.4, 0.5) is 10.1 Å². The molecule has 1 saturated heterocycles. The van der Waals surface area contributed by atoms with Crippen LogP contribution in [0.3, 0.4) is 0 Å². The molecule has 2 aliphatic rings. The largest absolute Gasteiger partial charge is 0.454 e. The van der Waals surface area contributed by atoms with Gasteiger partial charge in [-0.2, -0.15) is 5.10 Å². The number of nitrogens with two attached hydrogens (primary N) is 1. The topological polar surface area (TPSA) is 83.2 Å². The van der Waals surface area contributed by atoms with Gasteiger partial charge in [0.2, 0.25) is 0 Å². The zero-order valence-electron chi connectivity index (χ0n) is 19.0. The molecule has 7 nitrogen and oxygen atoms in total. The van der Waals surface area contributed by atoms with E-state index >= 15 is 0 Å². The number of rotatable bonds is 7. The van der Waals surface area contributed by atoms with E-state index in [-0.39, 0.29) is 17.5 Å². The number of hydrazone groups is 1. The lowest BCUT2D eigenvalue weighted by Crippen LogP contribution is -2.38. The van der Waals surface area contributed by atoms with Crippen molar-refractivity contribution in [2.24, 2.45) is 22.7 Å². The van der Waals surface area contributed by atoms with Gasteiger partial charge in [-0.1, -0.05) is 12.1 Å². The van der Waals surface area contributed by atoms with Crippen molar-refractivity contribution >= 4 is 17.8 Å². The minimum absolute atomic E-state index is 0.0696. The molecular formula is C25H30FN5O2. The van der Waals surface area contributed by atoms with E-state index in [0.717, 1.165) is 37.9 Å². The minimum Gasteiger partial charge on any atom is -0.454 e. The fourth-order valence-corrected chi connectivity index (χ4v) is 4.84. The fraction of sp³-hybridized carbons (Fsp3) is 0.360. The summed E-state index contributed by atoms with van der Waals surface area (Å²) >= 11 is 0. The number of hydrogen-bond acceptors (Lipinski definition) is 6. The molecule has 2 unspecified atom stereocenters. The van der Waals surface area contributed by atoms with Crippen molar-refractivity contribution in [3.05, 3.63) is 65.6 Å². The van der Waals surface area contributed by atoms with Crippen LogP contribution in [0.2, 0.25) is 0 Å². The van der Waals surface area contributed by atoms with Gasteiger partial charge < -0.3 is 25.7 Å². The number of benzene rings is 2. The molecule has 2 atom stereocenters. The van der Waals surface area contributed by atoms with Crippen LogP contribution in [0.15, 0.2) is 64.9 Å². The van der Waals surface area contributed by atoms with Crippen LogP contribution in [-0.2, 0) is 4.79 Å². The highest BCUT2D eigenvalue weighted by Crippen LogP contribution is 2.39. The summed E-state index contributed by atoms with van der Waals surface area (Å²) in [6.45, 7) is 2.67. The molecule has 0 amide bonds. The zero-order chi connectivity index (χ0) is 23.4. The predicted octanol–water partition coefficient (Wildman–Crippen LogP) is 3.34. The number of carbonyl (C=O) groups is 1. The molecule has 2 aromatic rings. The third-order valence-corrected chi connectivity index (χ3v) is 6.37. The molecule has 0 aliphatic carbocycles. The first-order valence-electron chi connectivity index (χ1n) is 11.2. The van der Waals surface area contributed by atoms with Crippen LogP contribution in [0.1, 0.15) is 12.8 Å². The van der Waals surface area contributed by atoms with E-state index in [4.69, 9.17) is 10.5 Å². The van der Waals surface area contributed by atoms with Gasteiger partial charge >= 0.3 is 0 Å². The number of halogens is 1. The van der Waals surface area contributed by atoms with Crippen molar-refractivity contribution in [2.45, 2.75) is 12.8 Å². The number of hydrogen-bond donors (Lipinski definition) is 2. The molecule has 2 aromatic carbocycles. The summed E-state index contributed by atoms with van der Waals surface area (Å²) in [7, 11) is 3.80. The molecule has 0 bridgehead atoms. The highest BCUT2D eigenvalue weighted by Gasteiger charge is 2.39. The number of carbonyl (C=O) groups excluding carboxylic acids is 1. The standard InChI is InChI=1S/C25H30FN5O2/c1-28-29-25(27)24-21(16-32)20(17-6-5-13-30(2)14-17)15-31(24)18-9-11-19(12-10-18)33-23-8-4-3-7-22(23)26/h3-4,7-12,16-17,20,28H,5-6,13-15H2,1-2H3,(H2,27,29). The number of ether oxygens (including phenoxy) is 1. The Hall–Kier alpha value is -3.39. The van der Waals surface area contributed by atoms with Crippen molar-refractivity contribution in [2.75, 3.05) is 38.6 Å². The monoisotopic (exact) mass is 451 g/mol. The molecule has 8 heteroatoms. The smallest absolute Gasteiger partial charge is 0.167 e. The maximum absolute atomic E-state index is 13.9. The van der Waals surface area contributed by atoms with Gasteiger partial charge in [-0.05, 0) is 68.8 Å². The van der Waals surface area contributed by atoms with Gasteiger partial charge in [0, 0.05) is 37.3 Å². The second-order valence-electron chi connectivity index (χ2n) is 8.55. The average molecular weight is 452 g/mol. The molecule has 0 radical (unpaired) electrons. The predicted molar refractivity (Wildman–Crippen MR) is 128 cm³/mol. The number of amidine groups is 1. The molecule has 0 aromatic heterocycles. The number of likely N-dealkylation sites (tertiary alicyclic amines) is 1. The first kappa shape index (κ1) is 22.8. The van der Waals surface area contributed by atoms with E-state index in [1.165, 1.54) is 6.07 Å². The second-order valence-corrected chi connectivity index (χ2v) is 8.55. The van der Waals surface area contributed by atoms with Gasteiger partial charge in [0.05, 0.1) is 5.70 Å². The van der Waals surface area contributed by atoms with E-state index in [2.05, 4.69) is 22.5 Å². The van der Waals surface area contributed by atoms with Gasteiger partial charge in [-0.3, -0.25) is 4.79 Å². The lowest BCUT2D eigenvalue weighted by molar-refractivity contribution is -0.105. The Morgan fingerprint density at radius 3 is 2.64 bits per heavy atom. The van der Waals surface area contributed by atoms with E-state index < -0.39 is 5.82 Å². The van der Waals surface area contributed by atoms with Crippen LogP contribution in [0.25, 0.3) is 0 Å². The summed E-state index contributed by atoms with van der Waals surface area (Å²) in [6, 6.07) is 13.6. The lowest BCUT2D eigenvalue weighted by atomic mass is 9.82. The Morgan fingerprint density at radius 1 is 1.21 bits per heavy atom. The molecule has 0 spiro atoms. The Labute approximate surface area is 193 Å². The summed E-state index contributed by atoms with van der Waals surface area (Å²) < 4.78 is 19.6. The zero-order valence-corrected chi connectivity index (χ0v) is 19.0. The molecular weight excluding hydrogens is 421 g/mol. The van der Waals surface area contributed by atoms with E-state index in [1.54, 1.807) is 37.4 Å². The third kappa shape index (κ3) is 4.85. The molecule has 1 fully saturated rings. The first-order chi connectivity index (χ1) is 16.0. The number of piperidine rings is 1. The van der Waals surface area contributed by atoms with Crippen molar-refractivity contribution in [3.63, 3.8) is 0 Å². The maximum Gasteiger partial charge on any atom is 0.167 e. The number of nitrogens with one attached hydrogen (secondary N) is 1. The molecule has 2 heterocycles. The number of para-hydroxylation sites is 1.